The molecular formula is C18H24N2O3S. The van der Waals surface area contributed by atoms with Gasteiger partial charge in [-0.2, -0.15) is 0 Å². The third-order valence-corrected chi connectivity index (χ3v) is 4.57. The molecule has 0 saturated carbocycles. The lowest BCUT2D eigenvalue weighted by molar-refractivity contribution is 0.172. The smallest absolute Gasteiger partial charge is 0.314 e. The Morgan fingerprint density at radius 3 is 2.75 bits per heavy atom. The van der Waals surface area contributed by atoms with Crippen LogP contribution in [0.3, 0.4) is 0 Å². The molecule has 2 unspecified atom stereocenters. The quantitative estimate of drug-likeness (QED) is 0.687. The van der Waals surface area contributed by atoms with Crippen molar-refractivity contribution in [1.29, 1.82) is 0 Å². The van der Waals surface area contributed by atoms with Gasteiger partial charge in [-0.25, -0.2) is 4.79 Å². The summed E-state index contributed by atoms with van der Waals surface area (Å²) in [4.78, 5) is 13.2. The van der Waals surface area contributed by atoms with Crippen molar-refractivity contribution in [2.75, 3.05) is 20.2 Å². The van der Waals surface area contributed by atoms with Crippen LogP contribution in [0.15, 0.2) is 41.8 Å². The molecule has 1 aromatic carbocycles. The number of ether oxygens (including phenoxy) is 1. The Kier molecular flexibility index (Phi) is 7.08. The van der Waals surface area contributed by atoms with Crippen molar-refractivity contribution in [1.82, 2.24) is 10.6 Å². The van der Waals surface area contributed by atoms with Crippen LogP contribution in [-0.4, -0.2) is 31.3 Å². The van der Waals surface area contributed by atoms with E-state index in [1.54, 1.807) is 30.6 Å². The average Bonchev–Trinajstić information content (AvgIpc) is 3.10. The summed E-state index contributed by atoms with van der Waals surface area (Å²) in [5.74, 6) is 1.04. The second-order valence-corrected chi connectivity index (χ2v) is 6.80. The molecule has 0 spiro atoms. The van der Waals surface area contributed by atoms with Crippen LogP contribution in [-0.2, 0) is 6.42 Å². The van der Waals surface area contributed by atoms with Crippen molar-refractivity contribution in [3.8, 4) is 5.75 Å². The lowest BCUT2D eigenvalue weighted by Gasteiger charge is -2.15. The molecule has 5 nitrogen and oxygen atoms in total. The predicted octanol–water partition coefficient (Wildman–Crippen LogP) is 2.97. The second-order valence-electron chi connectivity index (χ2n) is 5.77. The molecule has 0 aliphatic rings. The minimum absolute atomic E-state index is 0.151. The molecule has 2 amide bonds. The first-order chi connectivity index (χ1) is 11.6. The summed E-state index contributed by atoms with van der Waals surface area (Å²) in [5, 5.41) is 17.7. The van der Waals surface area contributed by atoms with E-state index in [2.05, 4.69) is 29.0 Å². The van der Waals surface area contributed by atoms with Crippen molar-refractivity contribution < 1.29 is 14.6 Å². The molecule has 2 rings (SSSR count). The molecule has 1 aromatic heterocycles. The molecule has 3 N–H and O–H groups in total. The van der Waals surface area contributed by atoms with Crippen molar-refractivity contribution >= 4 is 17.4 Å². The van der Waals surface area contributed by atoms with E-state index in [9.17, 15) is 9.90 Å². The van der Waals surface area contributed by atoms with Crippen LogP contribution >= 0.6 is 11.3 Å². The molecule has 0 aliphatic heterocycles. The number of urea groups is 1. The topological polar surface area (TPSA) is 70.6 Å². The molecule has 0 radical (unpaired) electrons. The summed E-state index contributed by atoms with van der Waals surface area (Å²) in [6.07, 6.45) is 0.180. The van der Waals surface area contributed by atoms with Crippen LogP contribution in [0.2, 0.25) is 0 Å². The highest BCUT2D eigenvalue weighted by atomic mass is 32.1. The van der Waals surface area contributed by atoms with Gasteiger partial charge in [0.25, 0.3) is 0 Å². The van der Waals surface area contributed by atoms with Crippen molar-refractivity contribution in [3.63, 3.8) is 0 Å². The first-order valence-corrected chi connectivity index (χ1v) is 8.82. The monoisotopic (exact) mass is 348 g/mol. The Morgan fingerprint density at radius 1 is 1.25 bits per heavy atom. The zero-order valence-electron chi connectivity index (χ0n) is 14.0. The van der Waals surface area contributed by atoms with Crippen molar-refractivity contribution in [2.24, 2.45) is 5.92 Å². The fourth-order valence-electron chi connectivity index (χ4n) is 2.33. The van der Waals surface area contributed by atoms with E-state index in [0.29, 0.717) is 23.8 Å². The predicted molar refractivity (Wildman–Crippen MR) is 96.5 cm³/mol. The van der Waals surface area contributed by atoms with Gasteiger partial charge in [-0.15, -0.1) is 11.3 Å². The fraction of sp³-hybridized carbons (Fsp3) is 0.389. The maximum Gasteiger partial charge on any atom is 0.314 e. The molecular weight excluding hydrogens is 324 g/mol. The Balaban J connectivity index is 1.70. The number of aliphatic hydroxyl groups excluding tert-OH is 1. The number of nitrogens with one attached hydrogen (secondary N) is 2. The minimum Gasteiger partial charge on any atom is -0.497 e. The van der Waals surface area contributed by atoms with E-state index in [4.69, 9.17) is 4.74 Å². The number of methoxy groups -OCH3 is 1. The van der Waals surface area contributed by atoms with Gasteiger partial charge in [-0.05, 0) is 41.5 Å². The maximum atomic E-state index is 11.9. The zero-order valence-corrected chi connectivity index (χ0v) is 14.8. The second kappa shape index (κ2) is 9.30. The molecule has 6 heteroatoms. The standard InChI is InChI=1S/C18H24N2O3S/c1-13(9-16-7-4-8-24-16)11-19-18(22)20-12-17(21)14-5-3-6-15(10-14)23-2/h3-8,10,13,17,21H,9,11-12H2,1-2H3,(H2,19,20,22). The maximum absolute atomic E-state index is 11.9. The van der Waals surface area contributed by atoms with E-state index in [0.717, 1.165) is 6.42 Å². The number of hydrogen-bond acceptors (Lipinski definition) is 4. The fourth-order valence-corrected chi connectivity index (χ4v) is 3.20. The highest BCUT2D eigenvalue weighted by Crippen LogP contribution is 2.18. The van der Waals surface area contributed by atoms with Crippen LogP contribution < -0.4 is 15.4 Å². The Morgan fingerprint density at radius 2 is 2.04 bits per heavy atom. The summed E-state index contributed by atoms with van der Waals surface area (Å²) in [6, 6.07) is 11.0. The van der Waals surface area contributed by atoms with Gasteiger partial charge in [0.2, 0.25) is 0 Å². The molecule has 24 heavy (non-hydrogen) atoms. The van der Waals surface area contributed by atoms with Gasteiger partial charge in [0.15, 0.2) is 0 Å². The molecule has 130 valence electrons. The van der Waals surface area contributed by atoms with Gasteiger partial charge in [0.05, 0.1) is 13.2 Å². The van der Waals surface area contributed by atoms with Gasteiger partial charge in [-0.1, -0.05) is 25.1 Å². The first kappa shape index (κ1) is 18.3. The summed E-state index contributed by atoms with van der Waals surface area (Å²) < 4.78 is 5.13. The molecule has 0 aliphatic carbocycles. The summed E-state index contributed by atoms with van der Waals surface area (Å²) in [6.45, 7) is 2.85. The van der Waals surface area contributed by atoms with Gasteiger partial charge < -0.3 is 20.5 Å². The number of rotatable bonds is 8. The number of hydrogen-bond donors (Lipinski definition) is 3. The van der Waals surface area contributed by atoms with Gasteiger partial charge in [-0.3, -0.25) is 0 Å². The first-order valence-electron chi connectivity index (χ1n) is 7.94. The number of amides is 2. The van der Waals surface area contributed by atoms with Crippen molar-refractivity contribution in [3.05, 3.63) is 52.2 Å². The SMILES string of the molecule is COc1cccc(C(O)CNC(=O)NCC(C)Cc2cccs2)c1. The highest BCUT2D eigenvalue weighted by molar-refractivity contribution is 7.09. The average molecular weight is 348 g/mol. The molecule has 0 bridgehead atoms. The lowest BCUT2D eigenvalue weighted by Crippen LogP contribution is -2.39. The van der Waals surface area contributed by atoms with Crippen LogP contribution in [0.5, 0.6) is 5.75 Å². The summed E-state index contributed by atoms with van der Waals surface area (Å²) in [5.41, 5.74) is 0.709. The third kappa shape index (κ3) is 5.86. The molecule has 1 heterocycles. The number of carbonyl (C=O) groups excluding carboxylic acids is 1. The minimum atomic E-state index is -0.769. The summed E-state index contributed by atoms with van der Waals surface area (Å²) >= 11 is 1.73. The van der Waals surface area contributed by atoms with E-state index in [1.165, 1.54) is 4.88 Å². The zero-order chi connectivity index (χ0) is 17.4. The van der Waals surface area contributed by atoms with Crippen LogP contribution in [0, 0.1) is 5.92 Å². The highest BCUT2D eigenvalue weighted by Gasteiger charge is 2.11. The molecule has 2 aromatic rings. The van der Waals surface area contributed by atoms with Crippen molar-refractivity contribution in [2.45, 2.75) is 19.4 Å². The molecule has 0 fully saturated rings. The van der Waals surface area contributed by atoms with Crippen LogP contribution in [0.25, 0.3) is 0 Å². The van der Waals surface area contributed by atoms with E-state index < -0.39 is 6.10 Å². The third-order valence-electron chi connectivity index (χ3n) is 3.68. The number of aliphatic hydroxyl groups is 1. The van der Waals surface area contributed by atoms with Gasteiger partial charge in [0.1, 0.15) is 5.75 Å². The number of thiophene rings is 1. The largest absolute Gasteiger partial charge is 0.497 e. The summed E-state index contributed by atoms with van der Waals surface area (Å²) in [7, 11) is 1.58. The normalized spacial score (nSPS) is 13.1. The van der Waals surface area contributed by atoms with Gasteiger partial charge in [0, 0.05) is 18.0 Å². The number of carbonyl (C=O) groups is 1. The van der Waals surface area contributed by atoms with Gasteiger partial charge >= 0.3 is 6.03 Å². The van der Waals surface area contributed by atoms with Crippen LogP contribution in [0.4, 0.5) is 4.79 Å². The molecule has 2 atom stereocenters. The Bertz CT molecular complexity index is 631. The lowest BCUT2D eigenvalue weighted by atomic mass is 10.1. The van der Waals surface area contributed by atoms with E-state index in [1.807, 2.05) is 18.2 Å². The Hall–Kier alpha value is -2.05. The Labute approximate surface area is 146 Å². The number of benzene rings is 1. The van der Waals surface area contributed by atoms with E-state index in [-0.39, 0.29) is 12.6 Å². The molecule has 0 saturated heterocycles. The van der Waals surface area contributed by atoms with E-state index >= 15 is 0 Å². The van der Waals surface area contributed by atoms with Crippen LogP contribution in [0.1, 0.15) is 23.5 Å².